The first-order valence-corrected chi connectivity index (χ1v) is 9.13. The molecule has 0 saturated heterocycles. The zero-order valence-electron chi connectivity index (χ0n) is 13.7. The normalized spacial score (nSPS) is 21.0. The van der Waals surface area contributed by atoms with Gasteiger partial charge in [-0.3, -0.25) is 19.9 Å². The number of benzene rings is 2. The highest BCUT2D eigenvalue weighted by Crippen LogP contribution is 2.44. The predicted molar refractivity (Wildman–Crippen MR) is 99.6 cm³/mol. The van der Waals surface area contributed by atoms with Crippen LogP contribution in [0, 0.1) is 10.1 Å². The van der Waals surface area contributed by atoms with Crippen molar-refractivity contribution < 1.29 is 9.72 Å². The molecule has 9 heteroatoms. The third-order valence-corrected chi connectivity index (χ3v) is 4.95. The molecule has 0 aromatic heterocycles. The Morgan fingerprint density at radius 2 is 1.85 bits per heavy atom. The van der Waals surface area contributed by atoms with Gasteiger partial charge in [0.1, 0.15) is 6.17 Å². The number of thioether (sulfide) groups is 1. The van der Waals surface area contributed by atoms with Gasteiger partial charge in [-0.1, -0.05) is 42.1 Å². The molecule has 2 aliphatic rings. The Hall–Kier alpha value is -3.07. The molecule has 8 nitrogen and oxygen atoms in total. The van der Waals surface area contributed by atoms with Crippen molar-refractivity contribution in [2.24, 2.45) is 5.10 Å². The number of amidine groups is 1. The Balaban J connectivity index is 1.90. The third kappa shape index (κ3) is 2.57. The van der Waals surface area contributed by atoms with E-state index in [2.05, 4.69) is 15.7 Å². The molecular weight excluding hydrogens is 354 g/mol. The summed E-state index contributed by atoms with van der Waals surface area (Å²) in [7, 11) is 0. The molecular formula is C17H15N5O3S. The van der Waals surface area contributed by atoms with Gasteiger partial charge >= 0.3 is 0 Å². The van der Waals surface area contributed by atoms with Gasteiger partial charge in [-0.25, -0.2) is 0 Å². The Morgan fingerprint density at radius 3 is 2.58 bits per heavy atom. The molecule has 0 saturated carbocycles. The summed E-state index contributed by atoms with van der Waals surface area (Å²) in [5, 5.41) is 24.2. The van der Waals surface area contributed by atoms with Crippen LogP contribution in [-0.4, -0.2) is 27.3 Å². The molecule has 0 radical (unpaired) electrons. The minimum Gasteiger partial charge on any atom is -0.360 e. The summed E-state index contributed by atoms with van der Waals surface area (Å²) < 4.78 is 0. The van der Waals surface area contributed by atoms with Gasteiger partial charge in [0.15, 0.2) is 11.2 Å². The van der Waals surface area contributed by atoms with Crippen molar-refractivity contribution in [2.75, 3.05) is 11.6 Å². The van der Waals surface area contributed by atoms with E-state index in [0.717, 1.165) is 11.3 Å². The second kappa shape index (κ2) is 6.34. The van der Waals surface area contributed by atoms with E-state index in [-0.39, 0.29) is 11.6 Å². The standard InChI is InChI=1S/C17H15N5O3S/c1-26-17-19-16(23)14-10-6-2-4-8-12(10)18-15(21(14)20-17)11-7-3-5-9-13(11)22(24)25/h2-9,14-15,18H,1H3,(H,19,20,23)/t14-,15-/m1/s1. The largest absolute Gasteiger partial charge is 0.360 e. The quantitative estimate of drug-likeness (QED) is 0.624. The van der Waals surface area contributed by atoms with Crippen LogP contribution in [0.15, 0.2) is 53.6 Å². The molecule has 2 atom stereocenters. The first-order valence-electron chi connectivity index (χ1n) is 7.90. The Labute approximate surface area is 153 Å². The number of nitro groups is 1. The van der Waals surface area contributed by atoms with Crippen molar-refractivity contribution in [1.29, 1.82) is 0 Å². The number of nitrogens with zero attached hydrogens (tertiary/aromatic N) is 3. The van der Waals surface area contributed by atoms with Crippen LogP contribution in [-0.2, 0) is 4.79 Å². The van der Waals surface area contributed by atoms with Crippen LogP contribution in [0.4, 0.5) is 11.4 Å². The number of rotatable bonds is 2. The van der Waals surface area contributed by atoms with E-state index >= 15 is 0 Å². The maximum absolute atomic E-state index is 12.7. The van der Waals surface area contributed by atoms with E-state index in [9.17, 15) is 14.9 Å². The van der Waals surface area contributed by atoms with Crippen molar-refractivity contribution >= 4 is 34.2 Å². The van der Waals surface area contributed by atoms with Crippen molar-refractivity contribution in [2.45, 2.75) is 12.2 Å². The van der Waals surface area contributed by atoms with Crippen LogP contribution >= 0.6 is 11.8 Å². The minimum absolute atomic E-state index is 0.0185. The number of nitro benzene ring substituents is 1. The number of hydrogen-bond acceptors (Lipinski definition) is 7. The second-order valence-corrected chi connectivity index (χ2v) is 6.63. The lowest BCUT2D eigenvalue weighted by Gasteiger charge is -2.43. The third-order valence-electron chi connectivity index (χ3n) is 4.38. The van der Waals surface area contributed by atoms with Crippen molar-refractivity contribution in [3.8, 4) is 0 Å². The van der Waals surface area contributed by atoms with Gasteiger partial charge in [0.05, 0.1) is 10.5 Å². The summed E-state index contributed by atoms with van der Waals surface area (Å²) in [5.74, 6) is -0.207. The Bertz CT molecular complexity index is 932. The Morgan fingerprint density at radius 1 is 1.15 bits per heavy atom. The molecule has 0 unspecified atom stereocenters. The van der Waals surface area contributed by atoms with Gasteiger partial charge in [0.25, 0.3) is 11.6 Å². The molecule has 0 bridgehead atoms. The number of amides is 1. The summed E-state index contributed by atoms with van der Waals surface area (Å²) >= 11 is 1.31. The van der Waals surface area contributed by atoms with Crippen LogP contribution in [0.2, 0.25) is 0 Å². The number of para-hydroxylation sites is 2. The van der Waals surface area contributed by atoms with Crippen LogP contribution in [0.3, 0.4) is 0 Å². The number of carbonyl (C=O) groups excluding carboxylic acids is 1. The molecule has 0 spiro atoms. The van der Waals surface area contributed by atoms with Gasteiger partial charge in [0.2, 0.25) is 0 Å². The Kier molecular flexibility index (Phi) is 4.00. The molecule has 2 N–H and O–H groups in total. The molecule has 2 aromatic rings. The minimum atomic E-state index is -0.659. The zero-order chi connectivity index (χ0) is 18.3. The molecule has 2 aromatic carbocycles. The average molecular weight is 369 g/mol. The molecule has 26 heavy (non-hydrogen) atoms. The number of anilines is 1. The molecule has 0 aliphatic carbocycles. The van der Waals surface area contributed by atoms with Crippen LogP contribution in [0.25, 0.3) is 0 Å². The first kappa shape index (κ1) is 16.4. The SMILES string of the molecule is CSC1=NN2[C@H](c3ccccc3[N+](=O)[O-])Nc3ccccc3[C@@H]2C(=O)N1. The van der Waals surface area contributed by atoms with Gasteiger partial charge in [-0.05, 0) is 18.4 Å². The first-order chi connectivity index (χ1) is 12.6. The number of fused-ring (bicyclic) bond motifs is 3. The highest BCUT2D eigenvalue weighted by molar-refractivity contribution is 8.13. The summed E-state index contributed by atoms with van der Waals surface area (Å²) in [4.78, 5) is 23.8. The molecule has 4 rings (SSSR count). The van der Waals surface area contributed by atoms with Gasteiger partial charge in [0, 0.05) is 17.3 Å². The van der Waals surface area contributed by atoms with Crippen molar-refractivity contribution in [3.63, 3.8) is 0 Å². The number of carbonyl (C=O) groups is 1. The second-order valence-electron chi connectivity index (χ2n) is 5.83. The summed E-state index contributed by atoms with van der Waals surface area (Å²) in [6.45, 7) is 0. The summed E-state index contributed by atoms with van der Waals surface area (Å²) in [6, 6.07) is 13.3. The predicted octanol–water partition coefficient (Wildman–Crippen LogP) is 2.83. The van der Waals surface area contributed by atoms with E-state index in [0.29, 0.717) is 10.7 Å². The fourth-order valence-electron chi connectivity index (χ4n) is 3.25. The average Bonchev–Trinajstić information content (AvgIpc) is 2.66. The lowest BCUT2D eigenvalue weighted by molar-refractivity contribution is -0.386. The monoisotopic (exact) mass is 369 g/mol. The van der Waals surface area contributed by atoms with Crippen LogP contribution in [0.5, 0.6) is 0 Å². The van der Waals surface area contributed by atoms with Gasteiger partial charge in [-0.15, -0.1) is 5.10 Å². The van der Waals surface area contributed by atoms with Crippen molar-refractivity contribution in [1.82, 2.24) is 10.3 Å². The lowest BCUT2D eigenvalue weighted by Crippen LogP contribution is -2.50. The lowest BCUT2D eigenvalue weighted by atomic mass is 9.97. The van der Waals surface area contributed by atoms with Crippen LogP contribution in [0.1, 0.15) is 23.3 Å². The van der Waals surface area contributed by atoms with E-state index in [1.807, 2.05) is 30.5 Å². The van der Waals surface area contributed by atoms with E-state index in [1.165, 1.54) is 17.8 Å². The topological polar surface area (TPSA) is 99.9 Å². The maximum Gasteiger partial charge on any atom is 0.276 e. The maximum atomic E-state index is 12.7. The van der Waals surface area contributed by atoms with E-state index < -0.39 is 17.1 Å². The fraction of sp³-hybridized carbons (Fsp3) is 0.176. The molecule has 2 aliphatic heterocycles. The number of nitrogens with one attached hydrogen (secondary N) is 2. The zero-order valence-corrected chi connectivity index (χ0v) is 14.6. The smallest absolute Gasteiger partial charge is 0.276 e. The van der Waals surface area contributed by atoms with Gasteiger partial charge in [-0.2, -0.15) is 0 Å². The van der Waals surface area contributed by atoms with E-state index in [1.54, 1.807) is 23.2 Å². The van der Waals surface area contributed by atoms with Crippen molar-refractivity contribution in [3.05, 3.63) is 69.8 Å². The summed E-state index contributed by atoms with van der Waals surface area (Å²) in [6.07, 6.45) is 1.18. The van der Waals surface area contributed by atoms with Gasteiger partial charge < -0.3 is 10.6 Å². The van der Waals surface area contributed by atoms with Crippen LogP contribution < -0.4 is 10.6 Å². The number of hydrogen-bond donors (Lipinski definition) is 2. The molecule has 1 amide bonds. The summed E-state index contributed by atoms with van der Waals surface area (Å²) in [5.41, 5.74) is 1.98. The fourth-order valence-corrected chi connectivity index (χ4v) is 3.63. The number of hydrazone groups is 1. The molecule has 2 heterocycles. The highest BCUT2D eigenvalue weighted by atomic mass is 32.2. The van der Waals surface area contributed by atoms with E-state index in [4.69, 9.17) is 0 Å². The highest BCUT2D eigenvalue weighted by Gasteiger charge is 2.43. The molecule has 0 fully saturated rings. The molecule has 132 valence electrons.